The van der Waals surface area contributed by atoms with Crippen molar-refractivity contribution in [2.24, 2.45) is 0 Å². The van der Waals surface area contributed by atoms with Crippen molar-refractivity contribution in [1.82, 2.24) is 4.90 Å². The molecule has 0 aromatic carbocycles. The topological polar surface area (TPSA) is 70.0 Å². The largest absolute Gasteiger partial charge is 0.456 e. The SMILES string of the molecule is CC(C)(C)OC(=O)N1C2CCC1C(B(O)O)C2. The third-order valence-electron chi connectivity index (χ3n) is 3.57. The van der Waals surface area contributed by atoms with Crippen LogP contribution in [-0.2, 0) is 4.74 Å². The number of rotatable bonds is 1. The Morgan fingerprint density at radius 1 is 1.35 bits per heavy atom. The highest BCUT2D eigenvalue weighted by Gasteiger charge is 2.53. The van der Waals surface area contributed by atoms with Gasteiger partial charge in [0.2, 0.25) is 0 Å². The van der Waals surface area contributed by atoms with Crippen molar-refractivity contribution < 1.29 is 19.6 Å². The van der Waals surface area contributed by atoms with E-state index in [1.807, 2.05) is 20.8 Å². The lowest BCUT2D eigenvalue weighted by Crippen LogP contribution is -2.41. The molecule has 6 heteroatoms. The first kappa shape index (κ1) is 12.7. The second-order valence-corrected chi connectivity index (χ2v) is 6.00. The highest BCUT2D eigenvalue weighted by atomic mass is 16.6. The second kappa shape index (κ2) is 4.17. The zero-order chi connectivity index (χ0) is 12.8. The van der Waals surface area contributed by atoms with Crippen LogP contribution in [0.3, 0.4) is 0 Å². The number of carbonyl (C=O) groups is 1. The van der Waals surface area contributed by atoms with E-state index in [1.54, 1.807) is 4.90 Å². The molecule has 2 rings (SSSR count). The molecule has 2 N–H and O–H groups in total. The number of carbonyl (C=O) groups excluding carboxylic acids is 1. The lowest BCUT2D eigenvalue weighted by atomic mass is 9.65. The van der Waals surface area contributed by atoms with E-state index in [-0.39, 0.29) is 24.0 Å². The van der Waals surface area contributed by atoms with Gasteiger partial charge in [0, 0.05) is 17.9 Å². The zero-order valence-electron chi connectivity index (χ0n) is 10.6. The quantitative estimate of drug-likeness (QED) is 0.672. The van der Waals surface area contributed by atoms with Crippen molar-refractivity contribution in [3.05, 3.63) is 0 Å². The molecular formula is C11H20BNO4. The summed E-state index contributed by atoms with van der Waals surface area (Å²) >= 11 is 0. The molecule has 2 saturated heterocycles. The molecule has 0 aliphatic carbocycles. The third kappa shape index (κ3) is 2.42. The first-order valence-electron chi connectivity index (χ1n) is 6.17. The van der Waals surface area contributed by atoms with Crippen LogP contribution in [0.2, 0.25) is 5.82 Å². The van der Waals surface area contributed by atoms with Crippen molar-refractivity contribution in [2.45, 2.75) is 63.5 Å². The fraction of sp³-hybridized carbons (Fsp3) is 0.909. The minimum absolute atomic E-state index is 0.0742. The van der Waals surface area contributed by atoms with Crippen LogP contribution in [0.4, 0.5) is 4.79 Å². The molecule has 17 heavy (non-hydrogen) atoms. The van der Waals surface area contributed by atoms with E-state index in [9.17, 15) is 14.8 Å². The summed E-state index contributed by atoms with van der Waals surface area (Å²) in [6.45, 7) is 5.50. The Labute approximate surface area is 102 Å². The van der Waals surface area contributed by atoms with Gasteiger partial charge in [-0.2, -0.15) is 0 Å². The van der Waals surface area contributed by atoms with Gasteiger partial charge in [0.15, 0.2) is 0 Å². The Balaban J connectivity index is 2.06. The van der Waals surface area contributed by atoms with Gasteiger partial charge in [-0.15, -0.1) is 0 Å². The predicted molar refractivity (Wildman–Crippen MR) is 63.4 cm³/mol. The molecule has 0 spiro atoms. The minimum atomic E-state index is -1.34. The number of hydrogen-bond acceptors (Lipinski definition) is 4. The number of fused-ring (bicyclic) bond motifs is 2. The van der Waals surface area contributed by atoms with E-state index >= 15 is 0 Å². The molecule has 2 aliphatic heterocycles. The predicted octanol–water partition coefficient (Wildman–Crippen LogP) is 1.00. The van der Waals surface area contributed by atoms with Gasteiger partial charge in [-0.25, -0.2) is 4.79 Å². The lowest BCUT2D eigenvalue weighted by molar-refractivity contribution is 0.0215. The van der Waals surface area contributed by atoms with Gasteiger partial charge in [-0.3, -0.25) is 0 Å². The van der Waals surface area contributed by atoms with Crippen LogP contribution < -0.4 is 0 Å². The maximum atomic E-state index is 12.0. The fourth-order valence-electron chi connectivity index (χ4n) is 2.95. The normalized spacial score (nSPS) is 31.8. The van der Waals surface area contributed by atoms with Gasteiger partial charge in [0.1, 0.15) is 5.60 Å². The molecule has 3 atom stereocenters. The molecule has 2 bridgehead atoms. The number of amides is 1. The van der Waals surface area contributed by atoms with E-state index in [2.05, 4.69) is 0 Å². The highest BCUT2D eigenvalue weighted by Crippen LogP contribution is 2.46. The van der Waals surface area contributed by atoms with E-state index < -0.39 is 12.7 Å². The third-order valence-corrected chi connectivity index (χ3v) is 3.57. The molecule has 3 unspecified atom stereocenters. The summed E-state index contributed by atoms with van der Waals surface area (Å²) in [4.78, 5) is 13.7. The van der Waals surface area contributed by atoms with Crippen LogP contribution in [0.1, 0.15) is 40.0 Å². The molecule has 5 nitrogen and oxygen atoms in total. The zero-order valence-corrected chi connectivity index (χ0v) is 10.6. The van der Waals surface area contributed by atoms with E-state index in [0.717, 1.165) is 12.8 Å². The van der Waals surface area contributed by atoms with Gasteiger partial charge in [-0.05, 0) is 40.0 Å². The molecule has 0 saturated carbocycles. The van der Waals surface area contributed by atoms with Crippen LogP contribution in [0, 0.1) is 0 Å². The number of hydrogen-bond donors (Lipinski definition) is 2. The van der Waals surface area contributed by atoms with Crippen molar-refractivity contribution >= 4 is 13.2 Å². The van der Waals surface area contributed by atoms with Gasteiger partial charge < -0.3 is 19.7 Å². The maximum Gasteiger partial charge on any atom is 0.456 e. The summed E-state index contributed by atoms with van der Waals surface area (Å²) in [6, 6.07) is 0.0384. The number of nitrogens with zero attached hydrogens (tertiary/aromatic N) is 1. The summed E-state index contributed by atoms with van der Waals surface area (Å²) in [5.41, 5.74) is -0.507. The van der Waals surface area contributed by atoms with Crippen LogP contribution in [0.15, 0.2) is 0 Å². The monoisotopic (exact) mass is 241 g/mol. The van der Waals surface area contributed by atoms with Crippen molar-refractivity contribution in [2.75, 3.05) is 0 Å². The molecule has 0 aromatic rings. The molecular weight excluding hydrogens is 221 g/mol. The highest BCUT2D eigenvalue weighted by molar-refractivity contribution is 6.43. The molecule has 2 aliphatic rings. The van der Waals surface area contributed by atoms with Gasteiger partial charge in [0.05, 0.1) is 0 Å². The second-order valence-electron chi connectivity index (χ2n) is 6.00. The van der Waals surface area contributed by atoms with Crippen molar-refractivity contribution in [3.8, 4) is 0 Å². The van der Waals surface area contributed by atoms with Gasteiger partial charge >= 0.3 is 13.2 Å². The first-order valence-corrected chi connectivity index (χ1v) is 6.17. The molecule has 0 aromatic heterocycles. The average Bonchev–Trinajstić information content (AvgIpc) is 2.70. The van der Waals surface area contributed by atoms with Crippen LogP contribution in [0.5, 0.6) is 0 Å². The molecule has 2 heterocycles. The summed E-state index contributed by atoms with van der Waals surface area (Å²) in [5, 5.41) is 18.6. The molecule has 0 radical (unpaired) electrons. The first-order chi connectivity index (χ1) is 7.79. The Morgan fingerprint density at radius 3 is 2.47 bits per heavy atom. The number of ether oxygens (including phenoxy) is 1. The Hall–Kier alpha value is -0.745. The molecule has 2 fully saturated rings. The lowest BCUT2D eigenvalue weighted by Gasteiger charge is -2.28. The van der Waals surface area contributed by atoms with Crippen molar-refractivity contribution in [1.29, 1.82) is 0 Å². The molecule has 96 valence electrons. The Kier molecular flexibility index (Phi) is 3.12. The standard InChI is InChI=1S/C11H20BNO4/c1-11(2,3)17-10(14)13-7-4-5-9(13)8(6-7)12(15)16/h7-9,15-16H,4-6H2,1-3H3. The van der Waals surface area contributed by atoms with Crippen molar-refractivity contribution in [3.63, 3.8) is 0 Å². The van der Waals surface area contributed by atoms with Gasteiger partial charge in [-0.1, -0.05) is 0 Å². The van der Waals surface area contributed by atoms with Crippen LogP contribution in [0.25, 0.3) is 0 Å². The van der Waals surface area contributed by atoms with E-state index in [0.29, 0.717) is 6.42 Å². The Bertz CT molecular complexity index is 315. The summed E-state index contributed by atoms with van der Waals surface area (Å²) < 4.78 is 5.35. The molecule has 1 amide bonds. The van der Waals surface area contributed by atoms with Crippen LogP contribution >= 0.6 is 0 Å². The fourth-order valence-corrected chi connectivity index (χ4v) is 2.95. The van der Waals surface area contributed by atoms with E-state index in [4.69, 9.17) is 4.74 Å². The maximum absolute atomic E-state index is 12.0. The minimum Gasteiger partial charge on any atom is -0.444 e. The average molecular weight is 241 g/mol. The Morgan fingerprint density at radius 2 is 2.00 bits per heavy atom. The van der Waals surface area contributed by atoms with Gasteiger partial charge in [0.25, 0.3) is 0 Å². The summed E-state index contributed by atoms with van der Waals surface area (Å²) in [7, 11) is -1.34. The summed E-state index contributed by atoms with van der Waals surface area (Å²) in [5.74, 6) is -0.221. The summed E-state index contributed by atoms with van der Waals surface area (Å²) in [6.07, 6.45) is 2.12. The smallest absolute Gasteiger partial charge is 0.444 e. The van der Waals surface area contributed by atoms with E-state index in [1.165, 1.54) is 0 Å². The van der Waals surface area contributed by atoms with Crippen LogP contribution in [-0.4, -0.2) is 45.8 Å².